The summed E-state index contributed by atoms with van der Waals surface area (Å²) < 4.78 is 0. The molecular weight excluding hydrogens is 142 g/mol. The number of fused-ring (bicyclic) bond motifs is 1. The molecule has 1 aliphatic rings. The number of hydrogen-bond acceptors (Lipinski definition) is 2. The van der Waals surface area contributed by atoms with E-state index in [2.05, 4.69) is 11.1 Å². The Morgan fingerprint density at radius 3 is 3.30 bits per heavy atom. The molecule has 1 aliphatic heterocycles. The molecule has 0 fully saturated rings. The summed E-state index contributed by atoms with van der Waals surface area (Å²) in [5, 5.41) is 0. The number of nitrogens with zero attached hydrogens (tertiary/aromatic N) is 1. The zero-order valence-electron chi connectivity index (χ0n) is 5.71. The van der Waals surface area contributed by atoms with Gasteiger partial charge in [0.1, 0.15) is 0 Å². The van der Waals surface area contributed by atoms with Gasteiger partial charge in [-0.05, 0) is 29.4 Å². The number of hydrogen-bond donors (Lipinski definition) is 0. The number of pyridine rings is 1. The first-order chi connectivity index (χ1) is 4.97. The minimum Gasteiger partial charge on any atom is -0.264 e. The summed E-state index contributed by atoms with van der Waals surface area (Å²) in [6.07, 6.45) is 5.10. The van der Waals surface area contributed by atoms with Crippen molar-refractivity contribution in [3.8, 4) is 0 Å². The Morgan fingerprint density at radius 2 is 2.40 bits per heavy atom. The average Bonchev–Trinajstić information content (AvgIpc) is 2.05. The molecule has 1 nitrogen and oxygen atoms in total. The van der Waals surface area contributed by atoms with Crippen LogP contribution >= 0.6 is 11.8 Å². The van der Waals surface area contributed by atoms with Crippen molar-refractivity contribution in [1.29, 1.82) is 0 Å². The summed E-state index contributed by atoms with van der Waals surface area (Å²) >= 11 is 2.00. The quantitative estimate of drug-likeness (QED) is 0.561. The highest BCUT2D eigenvalue weighted by Gasteiger charge is 2.07. The molecule has 0 radical (unpaired) electrons. The first-order valence-electron chi connectivity index (χ1n) is 3.46. The third kappa shape index (κ3) is 1.03. The third-order valence-electron chi connectivity index (χ3n) is 1.78. The van der Waals surface area contributed by atoms with Crippen molar-refractivity contribution < 1.29 is 0 Å². The normalized spacial score (nSPS) is 16.4. The Morgan fingerprint density at radius 1 is 1.40 bits per heavy atom. The molecule has 0 saturated carbocycles. The average molecular weight is 151 g/mol. The lowest BCUT2D eigenvalue weighted by atomic mass is 10.1. The molecule has 0 saturated heterocycles. The van der Waals surface area contributed by atoms with Crippen LogP contribution in [0, 0.1) is 0 Å². The number of rotatable bonds is 0. The van der Waals surface area contributed by atoms with Gasteiger partial charge in [-0.1, -0.05) is 0 Å². The molecule has 0 aliphatic carbocycles. The highest BCUT2D eigenvalue weighted by atomic mass is 32.2. The Balaban J connectivity index is 2.41. The number of thioether (sulfide) groups is 1. The Hall–Kier alpha value is -0.500. The Labute approximate surface area is 64.9 Å². The minimum absolute atomic E-state index is 1.16. The van der Waals surface area contributed by atoms with E-state index in [1.807, 2.05) is 24.2 Å². The molecule has 10 heavy (non-hydrogen) atoms. The van der Waals surface area contributed by atoms with Gasteiger partial charge in [-0.2, -0.15) is 11.8 Å². The molecule has 0 atom stereocenters. The van der Waals surface area contributed by atoms with Crippen LogP contribution in [0.25, 0.3) is 0 Å². The van der Waals surface area contributed by atoms with Crippen molar-refractivity contribution in [2.75, 3.05) is 5.75 Å². The van der Waals surface area contributed by atoms with Crippen molar-refractivity contribution in [2.24, 2.45) is 0 Å². The van der Waals surface area contributed by atoms with E-state index >= 15 is 0 Å². The van der Waals surface area contributed by atoms with Crippen molar-refractivity contribution in [1.82, 2.24) is 4.98 Å². The fourth-order valence-electron chi connectivity index (χ4n) is 1.19. The fourth-order valence-corrected chi connectivity index (χ4v) is 2.18. The maximum Gasteiger partial charge on any atom is 0.0311 e. The van der Waals surface area contributed by atoms with E-state index in [1.54, 1.807) is 0 Å². The second kappa shape index (κ2) is 2.62. The fraction of sp³-hybridized carbons (Fsp3) is 0.375. The SMILES string of the molecule is c1cc2c(cn1)CSCC2. The van der Waals surface area contributed by atoms with Gasteiger partial charge in [-0.25, -0.2) is 0 Å². The largest absolute Gasteiger partial charge is 0.264 e. The molecule has 2 heteroatoms. The zero-order valence-corrected chi connectivity index (χ0v) is 6.53. The van der Waals surface area contributed by atoms with Crippen molar-refractivity contribution in [2.45, 2.75) is 12.2 Å². The van der Waals surface area contributed by atoms with Gasteiger partial charge in [-0.15, -0.1) is 0 Å². The van der Waals surface area contributed by atoms with Gasteiger partial charge in [-0.3, -0.25) is 4.98 Å². The lowest BCUT2D eigenvalue weighted by molar-refractivity contribution is 1.06. The van der Waals surface area contributed by atoms with Crippen molar-refractivity contribution in [3.63, 3.8) is 0 Å². The Kier molecular flexibility index (Phi) is 1.63. The third-order valence-corrected chi connectivity index (χ3v) is 2.79. The van der Waals surface area contributed by atoms with Gasteiger partial charge in [0.15, 0.2) is 0 Å². The zero-order chi connectivity index (χ0) is 6.81. The molecule has 2 rings (SSSR count). The molecule has 0 amide bonds. The first kappa shape index (κ1) is 6.23. The molecule has 0 aromatic carbocycles. The van der Waals surface area contributed by atoms with E-state index in [9.17, 15) is 0 Å². The van der Waals surface area contributed by atoms with Crippen molar-refractivity contribution >= 4 is 11.8 Å². The van der Waals surface area contributed by atoms with Gasteiger partial charge < -0.3 is 0 Å². The lowest BCUT2D eigenvalue weighted by Crippen LogP contribution is -2.01. The minimum atomic E-state index is 1.16. The molecule has 0 unspecified atom stereocenters. The Bertz CT molecular complexity index is 209. The summed E-state index contributed by atoms with van der Waals surface area (Å²) in [5.74, 6) is 2.43. The predicted octanol–water partition coefficient (Wildman–Crippen LogP) is 1.87. The summed E-state index contributed by atoms with van der Waals surface area (Å²) in [6, 6.07) is 2.13. The molecule has 1 aromatic heterocycles. The van der Waals surface area contributed by atoms with Gasteiger partial charge >= 0.3 is 0 Å². The van der Waals surface area contributed by atoms with Crippen molar-refractivity contribution in [3.05, 3.63) is 29.6 Å². The standard InChI is InChI=1S/C8H9NS/c1-3-9-5-8-6-10-4-2-7(1)8/h1,3,5H,2,4,6H2. The van der Waals surface area contributed by atoms with Gasteiger partial charge in [0.05, 0.1) is 0 Å². The second-order valence-corrected chi connectivity index (χ2v) is 3.55. The second-order valence-electron chi connectivity index (χ2n) is 2.45. The molecule has 0 spiro atoms. The van der Waals surface area contributed by atoms with Crippen LogP contribution < -0.4 is 0 Å². The smallest absolute Gasteiger partial charge is 0.0311 e. The number of aryl methyl sites for hydroxylation is 1. The highest BCUT2D eigenvalue weighted by Crippen LogP contribution is 2.22. The topological polar surface area (TPSA) is 12.9 Å². The molecule has 0 bridgehead atoms. The summed E-state index contributed by atoms with van der Waals surface area (Å²) in [7, 11) is 0. The highest BCUT2D eigenvalue weighted by molar-refractivity contribution is 7.98. The molecule has 0 N–H and O–H groups in total. The van der Waals surface area contributed by atoms with Crippen LogP contribution in [-0.4, -0.2) is 10.7 Å². The monoisotopic (exact) mass is 151 g/mol. The van der Waals surface area contributed by atoms with E-state index in [-0.39, 0.29) is 0 Å². The number of aromatic nitrogens is 1. The maximum atomic E-state index is 4.08. The van der Waals surface area contributed by atoms with Gasteiger partial charge in [0.25, 0.3) is 0 Å². The van der Waals surface area contributed by atoms with Crippen LogP contribution in [0.1, 0.15) is 11.1 Å². The van der Waals surface area contributed by atoms with Crippen LogP contribution in [0.15, 0.2) is 18.5 Å². The summed E-state index contributed by atoms with van der Waals surface area (Å²) in [5.41, 5.74) is 2.92. The molecule has 2 heterocycles. The molecule has 1 aromatic rings. The summed E-state index contributed by atoms with van der Waals surface area (Å²) in [6.45, 7) is 0. The first-order valence-corrected chi connectivity index (χ1v) is 4.62. The maximum absolute atomic E-state index is 4.08. The molecule has 52 valence electrons. The van der Waals surface area contributed by atoms with E-state index in [4.69, 9.17) is 0 Å². The predicted molar refractivity (Wildman–Crippen MR) is 44.1 cm³/mol. The van der Waals surface area contributed by atoms with E-state index in [0.29, 0.717) is 0 Å². The van der Waals surface area contributed by atoms with E-state index in [1.165, 1.54) is 23.3 Å². The van der Waals surface area contributed by atoms with Crippen LogP contribution in [-0.2, 0) is 12.2 Å². The van der Waals surface area contributed by atoms with Crippen LogP contribution in [0.3, 0.4) is 0 Å². The van der Waals surface area contributed by atoms with Crippen LogP contribution in [0.4, 0.5) is 0 Å². The van der Waals surface area contributed by atoms with Crippen LogP contribution in [0.2, 0.25) is 0 Å². The summed E-state index contributed by atoms with van der Waals surface area (Å²) in [4.78, 5) is 4.08. The molecular formula is C8H9NS. The lowest BCUT2D eigenvalue weighted by Gasteiger charge is -2.13. The van der Waals surface area contributed by atoms with Gasteiger partial charge in [0.2, 0.25) is 0 Å². The van der Waals surface area contributed by atoms with E-state index < -0.39 is 0 Å². The van der Waals surface area contributed by atoms with E-state index in [0.717, 1.165) is 5.75 Å². The van der Waals surface area contributed by atoms with Gasteiger partial charge in [0, 0.05) is 18.1 Å². The van der Waals surface area contributed by atoms with Crippen LogP contribution in [0.5, 0.6) is 0 Å².